The van der Waals surface area contributed by atoms with Crippen molar-refractivity contribution in [2.45, 2.75) is 64.3 Å². The summed E-state index contributed by atoms with van der Waals surface area (Å²) in [6, 6.07) is 10.2. The molecule has 2 aliphatic rings. The van der Waals surface area contributed by atoms with Gasteiger partial charge in [0.2, 0.25) is 0 Å². The molecule has 0 aliphatic carbocycles. The summed E-state index contributed by atoms with van der Waals surface area (Å²) in [6.45, 7) is 10.2. The molecule has 0 radical (unpaired) electrons. The molecular weight excluding hydrogens is 379 g/mol. The minimum Gasteiger partial charge on any atom is -0.399 e. The lowest BCUT2D eigenvalue weighted by Gasteiger charge is -2.32. The lowest BCUT2D eigenvalue weighted by atomic mass is 9.82. The number of amides is 2. The maximum Gasteiger partial charge on any atom is 0.498 e. The van der Waals surface area contributed by atoms with Crippen LogP contribution in [0, 0.1) is 0 Å². The monoisotopic (exact) mass is 410 g/mol. The molecular formula is C22H31BN4O3. The first-order valence-electron chi connectivity index (χ1n) is 10.7. The molecule has 3 heterocycles. The van der Waals surface area contributed by atoms with Crippen molar-refractivity contribution < 1.29 is 14.1 Å². The lowest BCUT2D eigenvalue weighted by Crippen LogP contribution is -2.44. The zero-order chi connectivity index (χ0) is 21.4. The minimum absolute atomic E-state index is 0.00400. The van der Waals surface area contributed by atoms with Crippen LogP contribution in [-0.4, -0.2) is 52.1 Å². The van der Waals surface area contributed by atoms with E-state index in [0.717, 1.165) is 37.0 Å². The molecule has 2 aliphatic heterocycles. The number of aromatic nitrogens is 2. The summed E-state index contributed by atoms with van der Waals surface area (Å²) in [4.78, 5) is 14.4. The SMILES string of the molecule is CC1(C)OB(c2cnn(C3CCN(C(=O)NCc4ccccc4)CC3)c2)OC1(C)C. The van der Waals surface area contributed by atoms with E-state index in [4.69, 9.17) is 9.31 Å². The molecule has 2 fully saturated rings. The summed E-state index contributed by atoms with van der Waals surface area (Å²) < 4.78 is 14.3. The molecule has 8 heteroatoms. The Morgan fingerprint density at radius 3 is 2.40 bits per heavy atom. The number of rotatable bonds is 4. The van der Waals surface area contributed by atoms with Crippen molar-refractivity contribution in [1.82, 2.24) is 20.0 Å². The Bertz CT molecular complexity index is 860. The number of carbonyl (C=O) groups is 1. The summed E-state index contributed by atoms with van der Waals surface area (Å²) in [6.07, 6.45) is 5.62. The molecule has 0 saturated carbocycles. The molecule has 160 valence electrons. The van der Waals surface area contributed by atoms with Gasteiger partial charge in [-0.2, -0.15) is 5.10 Å². The number of nitrogens with one attached hydrogen (secondary N) is 1. The van der Waals surface area contributed by atoms with Gasteiger partial charge in [0.25, 0.3) is 0 Å². The van der Waals surface area contributed by atoms with E-state index in [1.165, 1.54) is 0 Å². The van der Waals surface area contributed by atoms with Crippen LogP contribution in [0.4, 0.5) is 4.79 Å². The van der Waals surface area contributed by atoms with Crippen molar-refractivity contribution >= 4 is 18.6 Å². The van der Waals surface area contributed by atoms with Gasteiger partial charge in [0.1, 0.15) is 0 Å². The fourth-order valence-electron chi connectivity index (χ4n) is 3.87. The van der Waals surface area contributed by atoms with Crippen molar-refractivity contribution in [2.75, 3.05) is 13.1 Å². The third-order valence-corrected chi connectivity index (χ3v) is 6.56. The Kier molecular flexibility index (Phi) is 5.64. The highest BCUT2D eigenvalue weighted by Crippen LogP contribution is 2.36. The Morgan fingerprint density at radius 1 is 1.13 bits per heavy atom. The molecule has 0 unspecified atom stereocenters. The number of nitrogens with zero attached hydrogens (tertiary/aromatic N) is 3. The Labute approximate surface area is 178 Å². The molecule has 0 bridgehead atoms. The fourth-order valence-corrected chi connectivity index (χ4v) is 3.87. The standard InChI is InChI=1S/C22H31BN4O3/c1-21(2)22(3,4)30-23(29-21)18-15-25-27(16-18)19-10-12-26(13-11-19)20(28)24-14-17-8-6-5-7-9-17/h5-9,15-16,19H,10-14H2,1-4H3,(H,24,28). The van der Waals surface area contributed by atoms with Crippen LogP contribution >= 0.6 is 0 Å². The number of benzene rings is 1. The second-order valence-corrected chi connectivity index (χ2v) is 9.20. The number of hydrogen-bond donors (Lipinski definition) is 1. The number of hydrogen-bond acceptors (Lipinski definition) is 4. The molecule has 30 heavy (non-hydrogen) atoms. The Morgan fingerprint density at radius 2 is 1.77 bits per heavy atom. The van der Waals surface area contributed by atoms with Crippen LogP contribution in [0.25, 0.3) is 0 Å². The summed E-state index contributed by atoms with van der Waals surface area (Å²) in [5.74, 6) is 0. The van der Waals surface area contributed by atoms with Crippen molar-refractivity contribution in [3.63, 3.8) is 0 Å². The van der Waals surface area contributed by atoms with Crippen LogP contribution < -0.4 is 10.8 Å². The largest absolute Gasteiger partial charge is 0.498 e. The molecule has 4 rings (SSSR count). The molecule has 2 aromatic rings. The van der Waals surface area contributed by atoms with E-state index >= 15 is 0 Å². The first-order valence-corrected chi connectivity index (χ1v) is 10.7. The Hall–Kier alpha value is -2.32. The minimum atomic E-state index is -0.396. The van der Waals surface area contributed by atoms with Gasteiger partial charge in [-0.1, -0.05) is 30.3 Å². The zero-order valence-corrected chi connectivity index (χ0v) is 18.3. The van der Waals surface area contributed by atoms with Crippen LogP contribution in [0.1, 0.15) is 52.1 Å². The van der Waals surface area contributed by atoms with Gasteiger partial charge in [-0.05, 0) is 46.1 Å². The molecule has 0 atom stereocenters. The quantitative estimate of drug-likeness (QED) is 0.788. The van der Waals surface area contributed by atoms with Gasteiger partial charge in [-0.25, -0.2) is 4.79 Å². The van der Waals surface area contributed by atoms with Crippen LogP contribution in [0.15, 0.2) is 42.7 Å². The highest BCUT2D eigenvalue weighted by atomic mass is 16.7. The van der Waals surface area contributed by atoms with Gasteiger partial charge in [-0.3, -0.25) is 4.68 Å². The predicted octanol–water partition coefficient (Wildman–Crippen LogP) is 2.73. The third-order valence-electron chi connectivity index (χ3n) is 6.56. The third kappa shape index (κ3) is 4.25. The molecule has 0 spiro atoms. The van der Waals surface area contributed by atoms with Crippen LogP contribution in [0.5, 0.6) is 0 Å². The number of urea groups is 1. The number of likely N-dealkylation sites (tertiary alicyclic amines) is 1. The average molecular weight is 410 g/mol. The van der Waals surface area contributed by atoms with Gasteiger partial charge < -0.3 is 19.5 Å². The first-order chi connectivity index (χ1) is 14.2. The normalized spacial score (nSPS) is 21.1. The molecule has 2 saturated heterocycles. The molecule has 7 nitrogen and oxygen atoms in total. The first kappa shape index (κ1) is 20.9. The fraction of sp³-hybridized carbons (Fsp3) is 0.545. The highest BCUT2D eigenvalue weighted by molar-refractivity contribution is 6.62. The van der Waals surface area contributed by atoms with Crippen molar-refractivity contribution in [3.8, 4) is 0 Å². The van der Waals surface area contributed by atoms with E-state index in [0.29, 0.717) is 6.54 Å². The Balaban J connectivity index is 1.29. The van der Waals surface area contributed by atoms with Crippen molar-refractivity contribution in [1.29, 1.82) is 0 Å². The molecule has 1 aromatic carbocycles. The van der Waals surface area contributed by atoms with Crippen LogP contribution in [-0.2, 0) is 15.9 Å². The van der Waals surface area contributed by atoms with E-state index in [1.54, 1.807) is 0 Å². The number of carbonyl (C=O) groups excluding carboxylic acids is 1. The van der Waals surface area contributed by atoms with Crippen molar-refractivity contribution in [2.24, 2.45) is 0 Å². The second-order valence-electron chi connectivity index (χ2n) is 9.20. The predicted molar refractivity (Wildman–Crippen MR) is 116 cm³/mol. The smallest absolute Gasteiger partial charge is 0.399 e. The van der Waals surface area contributed by atoms with Gasteiger partial charge in [0.05, 0.1) is 17.2 Å². The van der Waals surface area contributed by atoms with E-state index in [1.807, 2.05) is 52.3 Å². The van der Waals surface area contributed by atoms with Gasteiger partial charge >= 0.3 is 13.1 Å². The summed E-state index contributed by atoms with van der Waals surface area (Å²) >= 11 is 0. The zero-order valence-electron chi connectivity index (χ0n) is 18.3. The van der Waals surface area contributed by atoms with Gasteiger partial charge in [0.15, 0.2) is 0 Å². The second kappa shape index (κ2) is 8.08. The van der Waals surface area contributed by atoms with E-state index < -0.39 is 7.12 Å². The van der Waals surface area contributed by atoms with E-state index in [9.17, 15) is 4.79 Å². The van der Waals surface area contributed by atoms with Gasteiger partial charge in [-0.15, -0.1) is 0 Å². The van der Waals surface area contributed by atoms with E-state index in [2.05, 4.69) is 38.1 Å². The maximum atomic E-state index is 12.5. The lowest BCUT2D eigenvalue weighted by molar-refractivity contribution is 0.00578. The maximum absolute atomic E-state index is 12.5. The number of piperidine rings is 1. The molecule has 2 amide bonds. The molecule has 1 aromatic heterocycles. The summed E-state index contributed by atoms with van der Waals surface area (Å²) in [7, 11) is -0.396. The highest BCUT2D eigenvalue weighted by Gasteiger charge is 2.52. The average Bonchev–Trinajstić information content (AvgIpc) is 3.30. The topological polar surface area (TPSA) is 68.6 Å². The van der Waals surface area contributed by atoms with Crippen LogP contribution in [0.2, 0.25) is 0 Å². The van der Waals surface area contributed by atoms with E-state index in [-0.39, 0.29) is 23.3 Å². The van der Waals surface area contributed by atoms with Gasteiger partial charge in [0, 0.05) is 37.5 Å². The van der Waals surface area contributed by atoms with Crippen molar-refractivity contribution in [3.05, 3.63) is 48.3 Å². The summed E-state index contributed by atoms with van der Waals surface area (Å²) in [5, 5.41) is 7.57. The van der Waals surface area contributed by atoms with Crippen LogP contribution in [0.3, 0.4) is 0 Å². The molecule has 1 N–H and O–H groups in total. The summed E-state index contributed by atoms with van der Waals surface area (Å²) in [5.41, 5.74) is 1.32.